The highest BCUT2D eigenvalue weighted by atomic mass is 16.5. The molecule has 4 heteroatoms. The second kappa shape index (κ2) is 7.25. The summed E-state index contributed by atoms with van der Waals surface area (Å²) in [5.41, 5.74) is 3.63. The predicted molar refractivity (Wildman–Crippen MR) is 90.6 cm³/mol. The van der Waals surface area contributed by atoms with Crippen LogP contribution in [0, 0.1) is 0 Å². The SMILES string of the molecule is CCOC(=O)c1cnc2ccc(CC)cc2c1N(CC)CC. The van der Waals surface area contributed by atoms with Gasteiger partial charge in [0.1, 0.15) is 5.56 Å². The van der Waals surface area contributed by atoms with E-state index in [-0.39, 0.29) is 5.97 Å². The molecule has 2 rings (SSSR count). The predicted octanol–water partition coefficient (Wildman–Crippen LogP) is 3.82. The number of rotatable bonds is 6. The lowest BCUT2D eigenvalue weighted by Crippen LogP contribution is -2.25. The number of anilines is 1. The van der Waals surface area contributed by atoms with Crippen molar-refractivity contribution in [3.8, 4) is 0 Å². The van der Waals surface area contributed by atoms with Gasteiger partial charge in [0.2, 0.25) is 0 Å². The summed E-state index contributed by atoms with van der Waals surface area (Å²) in [6, 6.07) is 6.25. The molecule has 0 fully saturated rings. The number of aryl methyl sites for hydroxylation is 1. The van der Waals surface area contributed by atoms with Gasteiger partial charge >= 0.3 is 5.97 Å². The van der Waals surface area contributed by atoms with Crippen LogP contribution < -0.4 is 4.90 Å². The summed E-state index contributed by atoms with van der Waals surface area (Å²) in [5, 5.41) is 1.02. The van der Waals surface area contributed by atoms with Gasteiger partial charge in [-0.25, -0.2) is 4.79 Å². The summed E-state index contributed by atoms with van der Waals surface area (Å²) in [7, 11) is 0. The van der Waals surface area contributed by atoms with Crippen molar-refractivity contribution < 1.29 is 9.53 Å². The highest BCUT2D eigenvalue weighted by molar-refractivity contribution is 6.05. The summed E-state index contributed by atoms with van der Waals surface area (Å²) < 4.78 is 5.21. The highest BCUT2D eigenvalue weighted by Crippen LogP contribution is 2.31. The standard InChI is InChI=1S/C18H24N2O2/c1-5-13-9-10-16-14(11-13)17(20(6-2)7-3)15(12-19-16)18(21)22-8-4/h9-12H,5-8H2,1-4H3. The van der Waals surface area contributed by atoms with Crippen molar-refractivity contribution in [2.75, 3.05) is 24.6 Å². The molecule has 1 aromatic carbocycles. The van der Waals surface area contributed by atoms with Crippen molar-refractivity contribution in [1.29, 1.82) is 0 Å². The molecule has 0 spiro atoms. The van der Waals surface area contributed by atoms with Gasteiger partial charge < -0.3 is 9.64 Å². The number of aromatic nitrogens is 1. The Morgan fingerprint density at radius 1 is 1.18 bits per heavy atom. The lowest BCUT2D eigenvalue weighted by Gasteiger charge is -2.25. The average Bonchev–Trinajstić information content (AvgIpc) is 2.55. The number of hydrogen-bond acceptors (Lipinski definition) is 4. The van der Waals surface area contributed by atoms with Crippen LogP contribution in [-0.2, 0) is 11.2 Å². The van der Waals surface area contributed by atoms with Crippen LogP contribution in [0.25, 0.3) is 10.9 Å². The molecule has 2 aromatic rings. The number of carbonyl (C=O) groups is 1. The molecule has 22 heavy (non-hydrogen) atoms. The third-order valence-electron chi connectivity index (χ3n) is 3.89. The van der Waals surface area contributed by atoms with Crippen LogP contribution in [0.4, 0.5) is 5.69 Å². The first-order valence-electron chi connectivity index (χ1n) is 7.99. The first-order chi connectivity index (χ1) is 10.7. The Morgan fingerprint density at radius 3 is 2.50 bits per heavy atom. The molecular formula is C18H24N2O2. The minimum atomic E-state index is -0.305. The highest BCUT2D eigenvalue weighted by Gasteiger charge is 2.20. The fraction of sp³-hybridized carbons (Fsp3) is 0.444. The molecule has 0 atom stereocenters. The van der Waals surface area contributed by atoms with E-state index in [1.54, 1.807) is 6.20 Å². The molecule has 0 unspecified atom stereocenters. The van der Waals surface area contributed by atoms with Crippen molar-refractivity contribution in [3.05, 3.63) is 35.5 Å². The van der Waals surface area contributed by atoms with E-state index in [1.807, 2.05) is 13.0 Å². The van der Waals surface area contributed by atoms with Crippen molar-refractivity contribution in [1.82, 2.24) is 4.98 Å². The summed E-state index contributed by atoms with van der Waals surface area (Å²) in [4.78, 5) is 18.9. The molecule has 0 aliphatic heterocycles. The van der Waals surface area contributed by atoms with Gasteiger partial charge in [0.25, 0.3) is 0 Å². The number of hydrogen-bond donors (Lipinski definition) is 0. The average molecular weight is 300 g/mol. The minimum Gasteiger partial charge on any atom is -0.462 e. The van der Waals surface area contributed by atoms with Gasteiger partial charge in [-0.05, 0) is 44.9 Å². The molecule has 0 aliphatic rings. The molecule has 0 aliphatic carbocycles. The van der Waals surface area contributed by atoms with Crippen LogP contribution in [0.3, 0.4) is 0 Å². The number of nitrogens with zero attached hydrogens (tertiary/aromatic N) is 2. The normalized spacial score (nSPS) is 10.7. The Balaban J connectivity index is 2.73. The summed E-state index contributed by atoms with van der Waals surface area (Å²) in [5.74, 6) is -0.305. The van der Waals surface area contributed by atoms with Crippen molar-refractivity contribution >= 4 is 22.6 Å². The summed E-state index contributed by atoms with van der Waals surface area (Å²) in [6.45, 7) is 10.2. The second-order valence-electron chi connectivity index (χ2n) is 5.12. The molecule has 0 bridgehead atoms. The zero-order valence-corrected chi connectivity index (χ0v) is 13.8. The molecular weight excluding hydrogens is 276 g/mol. The van der Waals surface area contributed by atoms with Gasteiger partial charge in [-0.2, -0.15) is 0 Å². The second-order valence-corrected chi connectivity index (χ2v) is 5.12. The molecule has 1 aromatic heterocycles. The maximum atomic E-state index is 12.3. The number of fused-ring (bicyclic) bond motifs is 1. The zero-order chi connectivity index (χ0) is 16.1. The van der Waals surface area contributed by atoms with Crippen LogP contribution in [-0.4, -0.2) is 30.6 Å². The van der Waals surface area contributed by atoms with Gasteiger partial charge in [-0.3, -0.25) is 4.98 Å². The Kier molecular flexibility index (Phi) is 5.36. The molecule has 0 N–H and O–H groups in total. The lowest BCUT2D eigenvalue weighted by atomic mass is 10.0. The molecule has 4 nitrogen and oxygen atoms in total. The maximum absolute atomic E-state index is 12.3. The van der Waals surface area contributed by atoms with Crippen LogP contribution in [0.5, 0.6) is 0 Å². The van der Waals surface area contributed by atoms with E-state index in [4.69, 9.17) is 4.74 Å². The van der Waals surface area contributed by atoms with Crippen LogP contribution in [0.2, 0.25) is 0 Å². The third-order valence-corrected chi connectivity index (χ3v) is 3.89. The molecule has 0 saturated heterocycles. The minimum absolute atomic E-state index is 0.305. The van der Waals surface area contributed by atoms with Crippen molar-refractivity contribution in [2.45, 2.75) is 34.1 Å². The van der Waals surface area contributed by atoms with Gasteiger partial charge in [0, 0.05) is 24.7 Å². The zero-order valence-electron chi connectivity index (χ0n) is 13.8. The number of carbonyl (C=O) groups excluding carboxylic acids is 1. The number of benzene rings is 1. The Hall–Kier alpha value is -2.10. The van der Waals surface area contributed by atoms with Gasteiger partial charge in [-0.1, -0.05) is 13.0 Å². The topological polar surface area (TPSA) is 42.4 Å². The number of ether oxygens (including phenoxy) is 1. The van der Waals surface area contributed by atoms with Crippen molar-refractivity contribution in [3.63, 3.8) is 0 Å². The quantitative estimate of drug-likeness (QED) is 0.761. The first kappa shape index (κ1) is 16.3. The molecule has 0 radical (unpaired) electrons. The monoisotopic (exact) mass is 300 g/mol. The van der Waals surface area contributed by atoms with E-state index in [2.05, 4.69) is 42.8 Å². The largest absolute Gasteiger partial charge is 0.462 e. The fourth-order valence-corrected chi connectivity index (χ4v) is 2.68. The van der Waals surface area contributed by atoms with Gasteiger partial charge in [-0.15, -0.1) is 0 Å². The van der Waals surface area contributed by atoms with Gasteiger partial charge in [0.15, 0.2) is 0 Å². The summed E-state index contributed by atoms with van der Waals surface area (Å²) in [6.07, 6.45) is 2.59. The van der Waals surface area contributed by atoms with E-state index in [0.29, 0.717) is 12.2 Å². The van der Waals surface area contributed by atoms with Crippen LogP contribution >= 0.6 is 0 Å². The smallest absolute Gasteiger partial charge is 0.341 e. The van der Waals surface area contributed by atoms with Crippen molar-refractivity contribution in [2.24, 2.45) is 0 Å². The molecule has 1 heterocycles. The molecule has 118 valence electrons. The third kappa shape index (κ3) is 3.06. The Bertz CT molecular complexity index is 663. The van der Waals surface area contributed by atoms with Crippen LogP contribution in [0.1, 0.15) is 43.6 Å². The molecule has 0 saturated carbocycles. The Morgan fingerprint density at radius 2 is 1.91 bits per heavy atom. The summed E-state index contributed by atoms with van der Waals surface area (Å²) >= 11 is 0. The molecule has 0 amide bonds. The van der Waals surface area contributed by atoms with E-state index in [1.165, 1.54) is 5.56 Å². The van der Waals surface area contributed by atoms with E-state index in [9.17, 15) is 4.79 Å². The maximum Gasteiger partial charge on any atom is 0.341 e. The van der Waals surface area contributed by atoms with Crippen LogP contribution in [0.15, 0.2) is 24.4 Å². The fourth-order valence-electron chi connectivity index (χ4n) is 2.68. The Labute approximate surface area is 132 Å². The van der Waals surface area contributed by atoms with E-state index < -0.39 is 0 Å². The van der Waals surface area contributed by atoms with E-state index in [0.717, 1.165) is 36.1 Å². The lowest BCUT2D eigenvalue weighted by molar-refractivity contribution is 0.0527. The number of esters is 1. The van der Waals surface area contributed by atoms with E-state index >= 15 is 0 Å². The first-order valence-corrected chi connectivity index (χ1v) is 7.99. The number of pyridine rings is 1. The van der Waals surface area contributed by atoms with Gasteiger partial charge in [0.05, 0.1) is 17.8 Å².